The molecule has 16 heteroatoms. The lowest BCUT2D eigenvalue weighted by Gasteiger charge is -2.47. The Labute approximate surface area is 241 Å². The molecule has 4 saturated heterocycles. The van der Waals surface area contributed by atoms with Gasteiger partial charge in [-0.1, -0.05) is 6.92 Å². The number of tetrazole rings is 1. The molecule has 41 heavy (non-hydrogen) atoms. The lowest BCUT2D eigenvalue weighted by Crippen LogP contribution is -2.66. The van der Waals surface area contributed by atoms with Crippen LogP contribution in [-0.2, 0) is 25.7 Å². The molecule has 6 rings (SSSR count). The maximum atomic E-state index is 13.2. The zero-order valence-corrected chi connectivity index (χ0v) is 23.9. The molecule has 4 fully saturated rings. The Bertz CT molecular complexity index is 1230. The van der Waals surface area contributed by atoms with Crippen LogP contribution in [0.3, 0.4) is 0 Å². The molecule has 1 aromatic rings. The number of hydrogen-bond donors (Lipinski definition) is 4. The number of hydrogen-bond acceptors (Lipinski definition) is 11. The number of β-lactam (4-membered cyclic amide) rings is 1. The minimum atomic E-state index is -1.14. The van der Waals surface area contributed by atoms with E-state index in [0.29, 0.717) is 23.9 Å². The van der Waals surface area contributed by atoms with Crippen molar-refractivity contribution in [1.29, 1.82) is 0 Å². The van der Waals surface area contributed by atoms with Gasteiger partial charge in [0.2, 0.25) is 17.7 Å². The number of carbonyl (C=O) groups is 4. The Morgan fingerprint density at radius 2 is 2.00 bits per heavy atom. The molecule has 6 heterocycles. The number of nitrogens with zero attached hydrogens (tertiary/aromatic N) is 7. The SMILES string of the molecule is C[C@@H](NC(=O)Cn1cnnn1)[C@H]1C(=O)N2C(C(=O)O)=C(S[C@@H]3CN[C@H](C(=O)N4CC(N5CCNCC5)C4)C3)[C@H](C)[C@H]12. The van der Waals surface area contributed by atoms with Gasteiger partial charge in [-0.05, 0) is 23.8 Å². The summed E-state index contributed by atoms with van der Waals surface area (Å²) in [5.74, 6) is -2.42. The molecule has 0 saturated carbocycles. The molecule has 1 aromatic heterocycles. The highest BCUT2D eigenvalue weighted by molar-refractivity contribution is 8.03. The van der Waals surface area contributed by atoms with Gasteiger partial charge in [0.15, 0.2) is 0 Å². The minimum absolute atomic E-state index is 0.0154. The van der Waals surface area contributed by atoms with Gasteiger partial charge in [0, 0.05) is 74.0 Å². The van der Waals surface area contributed by atoms with Gasteiger partial charge in [0.1, 0.15) is 18.6 Å². The normalized spacial score (nSPS) is 31.1. The molecule has 0 unspecified atom stereocenters. The van der Waals surface area contributed by atoms with Crippen molar-refractivity contribution < 1.29 is 24.3 Å². The summed E-state index contributed by atoms with van der Waals surface area (Å²) in [7, 11) is 0. The van der Waals surface area contributed by atoms with Crippen molar-refractivity contribution in [2.45, 2.75) is 56.2 Å². The molecule has 5 aliphatic heterocycles. The van der Waals surface area contributed by atoms with Crippen LogP contribution in [0.4, 0.5) is 0 Å². The first-order valence-electron chi connectivity index (χ1n) is 14.2. The summed E-state index contributed by atoms with van der Waals surface area (Å²) in [6.45, 7) is 9.71. The zero-order valence-electron chi connectivity index (χ0n) is 23.1. The van der Waals surface area contributed by atoms with Crippen LogP contribution in [0.2, 0.25) is 0 Å². The van der Waals surface area contributed by atoms with E-state index in [1.807, 2.05) is 11.8 Å². The molecule has 0 radical (unpaired) electrons. The van der Waals surface area contributed by atoms with Crippen LogP contribution in [0.25, 0.3) is 0 Å². The van der Waals surface area contributed by atoms with E-state index < -0.39 is 17.9 Å². The fourth-order valence-electron chi connectivity index (χ4n) is 6.78. The first kappa shape index (κ1) is 28.1. The van der Waals surface area contributed by atoms with E-state index in [2.05, 4.69) is 36.4 Å². The number of nitrogens with one attached hydrogen (secondary N) is 3. The number of aromatic nitrogens is 4. The van der Waals surface area contributed by atoms with Gasteiger partial charge < -0.3 is 30.9 Å². The quantitative estimate of drug-likeness (QED) is 0.224. The average Bonchev–Trinajstić information content (AvgIpc) is 3.64. The number of carboxylic acids is 1. The summed E-state index contributed by atoms with van der Waals surface area (Å²) < 4.78 is 1.29. The molecule has 5 aliphatic rings. The van der Waals surface area contributed by atoms with Crippen molar-refractivity contribution in [1.82, 2.24) is 50.9 Å². The number of thioether (sulfide) groups is 1. The first-order valence-corrected chi connectivity index (χ1v) is 15.0. The topological polar surface area (TPSA) is 178 Å². The lowest BCUT2D eigenvalue weighted by atomic mass is 9.78. The number of carbonyl (C=O) groups excluding carboxylic acids is 3. The van der Waals surface area contributed by atoms with E-state index in [1.54, 1.807) is 6.92 Å². The minimum Gasteiger partial charge on any atom is -0.477 e. The van der Waals surface area contributed by atoms with Crippen LogP contribution >= 0.6 is 11.8 Å². The zero-order chi connectivity index (χ0) is 28.8. The van der Waals surface area contributed by atoms with Crippen LogP contribution in [0, 0.1) is 11.8 Å². The predicted molar refractivity (Wildman–Crippen MR) is 146 cm³/mol. The largest absolute Gasteiger partial charge is 0.477 e. The van der Waals surface area contributed by atoms with Gasteiger partial charge in [-0.2, -0.15) is 0 Å². The van der Waals surface area contributed by atoms with E-state index in [1.165, 1.54) is 27.7 Å². The standard InChI is InChI=1S/C25H36N10O5S/c1-13-20-19(14(2)29-18(36)11-34-12-28-30-31-34)24(38)35(20)21(25(39)40)22(13)41-16-7-17(27-8-16)23(37)33-9-15(10-33)32-5-3-26-4-6-32/h12-17,19-20,26-27H,3-11H2,1-2H3,(H,29,36)(H,39,40)/t13-,14-,16+,17+,19-,20-/m1/s1. The highest BCUT2D eigenvalue weighted by atomic mass is 32.2. The van der Waals surface area contributed by atoms with Gasteiger partial charge in [-0.3, -0.25) is 19.3 Å². The highest BCUT2D eigenvalue weighted by Gasteiger charge is 2.60. The Morgan fingerprint density at radius 1 is 1.24 bits per heavy atom. The number of piperazine rings is 1. The molecular formula is C25H36N10O5S. The molecule has 0 bridgehead atoms. The van der Waals surface area contributed by atoms with E-state index in [4.69, 9.17) is 0 Å². The summed E-state index contributed by atoms with van der Waals surface area (Å²) in [4.78, 5) is 57.5. The van der Waals surface area contributed by atoms with Crippen molar-refractivity contribution in [2.24, 2.45) is 11.8 Å². The third-order valence-electron chi connectivity index (χ3n) is 8.94. The molecule has 222 valence electrons. The van der Waals surface area contributed by atoms with Crippen LogP contribution in [0.5, 0.6) is 0 Å². The van der Waals surface area contributed by atoms with Gasteiger partial charge in [0.25, 0.3) is 0 Å². The average molecular weight is 589 g/mol. The predicted octanol–water partition coefficient (Wildman–Crippen LogP) is -2.47. The molecule has 0 aliphatic carbocycles. The number of rotatable bonds is 9. The maximum absolute atomic E-state index is 13.2. The summed E-state index contributed by atoms with van der Waals surface area (Å²) in [6.07, 6.45) is 1.93. The molecule has 3 amide bonds. The van der Waals surface area contributed by atoms with Crippen molar-refractivity contribution in [3.05, 3.63) is 16.9 Å². The lowest BCUT2D eigenvalue weighted by molar-refractivity contribution is -0.158. The van der Waals surface area contributed by atoms with E-state index in [0.717, 1.165) is 39.3 Å². The second-order valence-corrected chi connectivity index (χ2v) is 12.9. The molecule has 15 nitrogen and oxygen atoms in total. The van der Waals surface area contributed by atoms with E-state index in [9.17, 15) is 24.3 Å². The van der Waals surface area contributed by atoms with Crippen molar-refractivity contribution in [3.63, 3.8) is 0 Å². The van der Waals surface area contributed by atoms with E-state index in [-0.39, 0.29) is 53.2 Å². The molecule has 0 aromatic carbocycles. The molecule has 4 N–H and O–H groups in total. The van der Waals surface area contributed by atoms with Crippen molar-refractivity contribution in [2.75, 3.05) is 45.8 Å². The monoisotopic (exact) mass is 588 g/mol. The summed E-state index contributed by atoms with van der Waals surface area (Å²) in [6, 6.07) is -0.707. The Morgan fingerprint density at radius 3 is 2.68 bits per heavy atom. The van der Waals surface area contributed by atoms with Crippen molar-refractivity contribution in [3.8, 4) is 0 Å². The van der Waals surface area contributed by atoms with E-state index >= 15 is 0 Å². The second kappa shape index (κ2) is 11.3. The Hall–Kier alpha value is -3.08. The maximum Gasteiger partial charge on any atom is 0.353 e. The number of amides is 3. The fourth-order valence-corrected chi connectivity index (χ4v) is 8.26. The number of carboxylic acid groups (broad SMARTS) is 1. The van der Waals surface area contributed by atoms with Crippen LogP contribution in [0.15, 0.2) is 16.9 Å². The number of aliphatic carboxylic acids is 1. The summed E-state index contributed by atoms with van der Waals surface area (Å²) in [5.41, 5.74) is 0.0253. The second-order valence-electron chi connectivity index (χ2n) is 11.5. The molecule has 0 spiro atoms. The van der Waals surface area contributed by atoms with Crippen LogP contribution < -0.4 is 16.0 Å². The summed E-state index contributed by atoms with van der Waals surface area (Å²) in [5, 5.41) is 30.3. The van der Waals surface area contributed by atoms with Gasteiger partial charge in [-0.15, -0.1) is 16.9 Å². The number of likely N-dealkylation sites (tertiary alicyclic amines) is 1. The Kier molecular flexibility index (Phi) is 7.74. The fraction of sp³-hybridized carbons (Fsp3) is 0.720. The van der Waals surface area contributed by atoms with Gasteiger partial charge in [0.05, 0.1) is 18.0 Å². The van der Waals surface area contributed by atoms with Crippen LogP contribution in [-0.4, -0.2) is 139 Å². The third-order valence-corrected chi connectivity index (χ3v) is 10.5. The summed E-state index contributed by atoms with van der Waals surface area (Å²) >= 11 is 1.46. The third kappa shape index (κ3) is 5.21. The van der Waals surface area contributed by atoms with Crippen LogP contribution in [0.1, 0.15) is 20.3 Å². The van der Waals surface area contributed by atoms with Crippen molar-refractivity contribution >= 4 is 35.5 Å². The highest BCUT2D eigenvalue weighted by Crippen LogP contribution is 2.51. The van der Waals surface area contributed by atoms with Gasteiger partial charge in [-0.25, -0.2) is 9.48 Å². The molecule has 6 atom stereocenters. The first-order chi connectivity index (χ1) is 19.7. The smallest absolute Gasteiger partial charge is 0.353 e. The Balaban J connectivity index is 1.05. The van der Waals surface area contributed by atoms with Gasteiger partial charge >= 0.3 is 5.97 Å². The molecular weight excluding hydrogens is 552 g/mol. The number of fused-ring (bicyclic) bond motifs is 1.